The van der Waals surface area contributed by atoms with Crippen molar-refractivity contribution in [3.63, 3.8) is 0 Å². The quantitative estimate of drug-likeness (QED) is 0.317. The van der Waals surface area contributed by atoms with Crippen LogP contribution < -0.4 is 19.6 Å². The highest BCUT2D eigenvalue weighted by molar-refractivity contribution is 7.07. The van der Waals surface area contributed by atoms with Crippen molar-refractivity contribution in [3.05, 3.63) is 109 Å². The van der Waals surface area contributed by atoms with Crippen molar-refractivity contribution in [1.29, 1.82) is 0 Å². The predicted octanol–water partition coefficient (Wildman–Crippen LogP) is 3.85. The molecule has 2 aromatic carbocycles. The van der Waals surface area contributed by atoms with E-state index in [4.69, 9.17) is 18.6 Å². The van der Waals surface area contributed by atoms with E-state index in [1.165, 1.54) is 23.0 Å². The molecule has 0 amide bonds. The normalized spacial score (nSPS) is 14.9. The fourth-order valence-corrected chi connectivity index (χ4v) is 5.55. The summed E-state index contributed by atoms with van der Waals surface area (Å²) in [7, 11) is 2.90. The lowest BCUT2D eigenvalue weighted by molar-refractivity contribution is -0.139. The third kappa shape index (κ3) is 5.01. The Bertz CT molecular complexity index is 1810. The van der Waals surface area contributed by atoms with Gasteiger partial charge in [0, 0.05) is 11.6 Å². The molecular weight excluding hydrogens is 532 g/mol. The van der Waals surface area contributed by atoms with Crippen molar-refractivity contribution in [2.45, 2.75) is 19.9 Å². The molecule has 5 rings (SSSR count). The van der Waals surface area contributed by atoms with Gasteiger partial charge in [-0.1, -0.05) is 35.6 Å². The molecule has 0 saturated carbocycles. The zero-order valence-electron chi connectivity index (χ0n) is 22.3. The number of hydrogen-bond donors (Lipinski definition) is 0. The maximum atomic E-state index is 13.8. The molecule has 9 nitrogen and oxygen atoms in total. The van der Waals surface area contributed by atoms with Gasteiger partial charge in [0.05, 0.1) is 48.2 Å². The Morgan fingerprint density at radius 3 is 2.55 bits per heavy atom. The molecule has 3 heterocycles. The number of allylic oxidation sites excluding steroid dienone is 1. The summed E-state index contributed by atoms with van der Waals surface area (Å²) in [6.45, 7) is 3.66. The van der Waals surface area contributed by atoms with Crippen LogP contribution in [0.5, 0.6) is 5.75 Å². The highest BCUT2D eigenvalue weighted by Gasteiger charge is 2.33. The van der Waals surface area contributed by atoms with E-state index in [-0.39, 0.29) is 12.2 Å². The molecule has 0 N–H and O–H groups in total. The Morgan fingerprint density at radius 2 is 1.85 bits per heavy atom. The summed E-state index contributed by atoms with van der Waals surface area (Å²) in [5.74, 6) is 0.662. The molecule has 204 valence electrons. The number of fused-ring (bicyclic) bond motifs is 1. The van der Waals surface area contributed by atoms with E-state index in [0.29, 0.717) is 49.0 Å². The standard InChI is InChI=1S/C30H26N2O7S/c1-5-38-29(35)25-17(2)31-30-32(26(25)18-9-11-21(36-3)12-10-18)27(33)24(40-30)16-22-13-14-23(39-22)19-7-6-8-20(15-19)28(34)37-4/h6-16,26H,5H2,1-4H3/b24-16-. The highest BCUT2D eigenvalue weighted by atomic mass is 32.1. The molecule has 1 aliphatic heterocycles. The van der Waals surface area contributed by atoms with Crippen molar-refractivity contribution >= 4 is 29.4 Å². The van der Waals surface area contributed by atoms with Crippen molar-refractivity contribution in [3.8, 4) is 17.1 Å². The fourth-order valence-electron chi connectivity index (χ4n) is 4.53. The molecule has 1 aliphatic rings. The molecule has 0 aliphatic carbocycles. The third-order valence-electron chi connectivity index (χ3n) is 6.42. The molecule has 0 bridgehead atoms. The largest absolute Gasteiger partial charge is 0.497 e. The van der Waals surface area contributed by atoms with E-state index in [1.54, 1.807) is 69.5 Å². The second kappa shape index (κ2) is 11.2. The first-order valence-electron chi connectivity index (χ1n) is 12.5. The Morgan fingerprint density at radius 1 is 1.07 bits per heavy atom. The minimum absolute atomic E-state index is 0.193. The molecule has 0 spiro atoms. The van der Waals surface area contributed by atoms with Gasteiger partial charge in [0.2, 0.25) is 0 Å². The van der Waals surface area contributed by atoms with Crippen molar-refractivity contribution < 1.29 is 28.2 Å². The van der Waals surface area contributed by atoms with Gasteiger partial charge in [0.1, 0.15) is 17.3 Å². The number of benzene rings is 2. The second-order valence-electron chi connectivity index (χ2n) is 8.85. The van der Waals surface area contributed by atoms with Crippen LogP contribution in [0, 0.1) is 0 Å². The van der Waals surface area contributed by atoms with Gasteiger partial charge in [0.25, 0.3) is 5.56 Å². The number of carbonyl (C=O) groups excluding carboxylic acids is 2. The van der Waals surface area contributed by atoms with Crippen LogP contribution in [-0.4, -0.2) is 37.3 Å². The Balaban J connectivity index is 1.59. The van der Waals surface area contributed by atoms with Crippen LogP contribution in [0.25, 0.3) is 17.4 Å². The van der Waals surface area contributed by atoms with Crippen molar-refractivity contribution in [1.82, 2.24) is 4.57 Å². The first-order valence-corrected chi connectivity index (χ1v) is 13.3. The lowest BCUT2D eigenvalue weighted by Crippen LogP contribution is -2.39. The summed E-state index contributed by atoms with van der Waals surface area (Å²) in [6, 6.07) is 16.9. The van der Waals surface area contributed by atoms with E-state index in [2.05, 4.69) is 4.99 Å². The van der Waals surface area contributed by atoms with Gasteiger partial charge in [-0.25, -0.2) is 14.6 Å². The fraction of sp³-hybridized carbons (Fsp3) is 0.200. The number of furan rings is 1. The van der Waals surface area contributed by atoms with Crippen molar-refractivity contribution in [2.24, 2.45) is 4.99 Å². The molecule has 10 heteroatoms. The Hall–Kier alpha value is -4.70. The van der Waals surface area contributed by atoms with Crippen LogP contribution in [0.1, 0.15) is 41.6 Å². The third-order valence-corrected chi connectivity index (χ3v) is 7.40. The smallest absolute Gasteiger partial charge is 0.338 e. The number of methoxy groups -OCH3 is 2. The molecule has 2 aromatic heterocycles. The predicted molar refractivity (Wildman–Crippen MR) is 149 cm³/mol. The summed E-state index contributed by atoms with van der Waals surface area (Å²) in [5, 5.41) is 0. The van der Waals surface area contributed by atoms with Crippen LogP contribution >= 0.6 is 11.3 Å². The maximum Gasteiger partial charge on any atom is 0.338 e. The van der Waals surface area contributed by atoms with Crippen LogP contribution in [0.4, 0.5) is 0 Å². The molecular formula is C30H26N2O7S. The lowest BCUT2D eigenvalue weighted by atomic mass is 9.96. The number of hydrogen-bond acceptors (Lipinski definition) is 9. The Labute approximate surface area is 233 Å². The molecule has 0 saturated heterocycles. The minimum atomic E-state index is -0.725. The Kier molecular flexibility index (Phi) is 7.52. The van der Waals surface area contributed by atoms with Gasteiger partial charge in [-0.2, -0.15) is 0 Å². The number of aromatic nitrogens is 1. The van der Waals surface area contributed by atoms with Crippen LogP contribution in [0.15, 0.2) is 86.1 Å². The van der Waals surface area contributed by atoms with E-state index >= 15 is 0 Å². The number of thiazole rings is 1. The minimum Gasteiger partial charge on any atom is -0.497 e. The number of esters is 2. The lowest BCUT2D eigenvalue weighted by Gasteiger charge is -2.24. The molecule has 0 radical (unpaired) electrons. The summed E-state index contributed by atoms with van der Waals surface area (Å²) < 4.78 is 23.3. The van der Waals surface area contributed by atoms with Gasteiger partial charge >= 0.3 is 11.9 Å². The number of carbonyl (C=O) groups is 2. The van der Waals surface area contributed by atoms with E-state index in [9.17, 15) is 14.4 Å². The van der Waals surface area contributed by atoms with Crippen LogP contribution in [0.3, 0.4) is 0 Å². The van der Waals surface area contributed by atoms with Crippen molar-refractivity contribution in [2.75, 3.05) is 20.8 Å². The second-order valence-corrected chi connectivity index (χ2v) is 9.86. The van der Waals surface area contributed by atoms with E-state index in [1.807, 2.05) is 18.2 Å². The molecule has 1 atom stereocenters. The average molecular weight is 559 g/mol. The number of nitrogens with zero attached hydrogens (tertiary/aromatic N) is 2. The zero-order valence-corrected chi connectivity index (χ0v) is 23.1. The monoisotopic (exact) mass is 558 g/mol. The summed E-state index contributed by atoms with van der Waals surface area (Å²) in [6.07, 6.45) is 1.64. The van der Waals surface area contributed by atoms with Gasteiger partial charge in [-0.15, -0.1) is 0 Å². The summed E-state index contributed by atoms with van der Waals surface area (Å²) >= 11 is 1.20. The zero-order chi connectivity index (χ0) is 28.4. The van der Waals surface area contributed by atoms with Gasteiger partial charge in [-0.3, -0.25) is 9.36 Å². The number of ether oxygens (including phenoxy) is 3. The first kappa shape index (κ1) is 26.9. The van der Waals surface area contributed by atoms with Gasteiger partial charge < -0.3 is 18.6 Å². The number of rotatable bonds is 7. The molecule has 40 heavy (non-hydrogen) atoms. The highest BCUT2D eigenvalue weighted by Crippen LogP contribution is 2.31. The van der Waals surface area contributed by atoms with E-state index < -0.39 is 18.0 Å². The summed E-state index contributed by atoms with van der Waals surface area (Å²) in [5.41, 5.74) is 2.28. The molecule has 0 fully saturated rings. The summed E-state index contributed by atoms with van der Waals surface area (Å²) in [4.78, 5) is 43.8. The molecule has 1 unspecified atom stereocenters. The van der Waals surface area contributed by atoms with Gasteiger partial charge in [-0.05, 0) is 55.8 Å². The molecule has 4 aromatic rings. The van der Waals surface area contributed by atoms with Gasteiger partial charge in [0.15, 0.2) is 4.80 Å². The van der Waals surface area contributed by atoms with Crippen LogP contribution in [0.2, 0.25) is 0 Å². The van der Waals surface area contributed by atoms with Crippen LogP contribution in [-0.2, 0) is 14.3 Å². The van der Waals surface area contributed by atoms with E-state index in [0.717, 1.165) is 5.56 Å². The maximum absolute atomic E-state index is 13.8. The average Bonchev–Trinajstić information content (AvgIpc) is 3.56. The topological polar surface area (TPSA) is 109 Å². The first-order chi connectivity index (χ1) is 19.3. The SMILES string of the molecule is CCOC(=O)C1=C(C)N=c2s/c(=C\c3ccc(-c4cccc(C(=O)OC)c4)o3)c(=O)n2C1c1ccc(OC)cc1.